The standard InChI is InChI=1S/C24H30N2O3/c1-29-21-11-7-19(8-12-21)22(17-18-5-3-2-4-6-18)25-23(27)26-15-13-24(28,14-16-26)20-9-10-20/h2-8,11-12,20,22,28H,9-10,13-17H2,1H3,(H,25,27). The number of hydrogen-bond acceptors (Lipinski definition) is 3. The first-order valence-electron chi connectivity index (χ1n) is 10.5. The first-order valence-corrected chi connectivity index (χ1v) is 10.5. The molecular weight excluding hydrogens is 364 g/mol. The van der Waals surface area contributed by atoms with Crippen molar-refractivity contribution in [2.45, 2.75) is 43.7 Å². The molecule has 4 rings (SSSR count). The molecule has 0 bridgehead atoms. The van der Waals surface area contributed by atoms with Crippen molar-refractivity contribution in [3.63, 3.8) is 0 Å². The molecule has 154 valence electrons. The van der Waals surface area contributed by atoms with Crippen LogP contribution in [-0.4, -0.2) is 41.8 Å². The largest absolute Gasteiger partial charge is 0.497 e. The highest BCUT2D eigenvalue weighted by Crippen LogP contribution is 2.45. The second-order valence-corrected chi connectivity index (χ2v) is 8.33. The average Bonchev–Trinajstić information content (AvgIpc) is 3.61. The Hall–Kier alpha value is -2.53. The first kappa shape index (κ1) is 19.8. The van der Waals surface area contributed by atoms with Gasteiger partial charge in [-0.15, -0.1) is 0 Å². The lowest BCUT2D eigenvalue weighted by atomic mass is 9.87. The summed E-state index contributed by atoms with van der Waals surface area (Å²) in [5, 5.41) is 14.0. The van der Waals surface area contributed by atoms with Crippen LogP contribution < -0.4 is 10.1 Å². The molecule has 1 atom stereocenters. The fourth-order valence-electron chi connectivity index (χ4n) is 4.30. The van der Waals surface area contributed by atoms with E-state index in [9.17, 15) is 9.90 Å². The smallest absolute Gasteiger partial charge is 0.317 e. The third kappa shape index (κ3) is 4.73. The Labute approximate surface area is 172 Å². The highest BCUT2D eigenvalue weighted by atomic mass is 16.5. The van der Waals surface area contributed by atoms with Gasteiger partial charge >= 0.3 is 6.03 Å². The number of amides is 2. The fourth-order valence-corrected chi connectivity index (χ4v) is 4.30. The number of carbonyl (C=O) groups is 1. The van der Waals surface area contributed by atoms with Crippen LogP contribution in [0.4, 0.5) is 4.79 Å². The summed E-state index contributed by atoms with van der Waals surface area (Å²) >= 11 is 0. The molecule has 1 aliphatic heterocycles. The summed E-state index contributed by atoms with van der Waals surface area (Å²) in [6, 6.07) is 17.9. The van der Waals surface area contributed by atoms with Crippen LogP contribution in [0, 0.1) is 5.92 Å². The first-order chi connectivity index (χ1) is 14.1. The van der Waals surface area contributed by atoms with Gasteiger partial charge in [0, 0.05) is 13.1 Å². The molecule has 2 aromatic carbocycles. The minimum atomic E-state index is -0.559. The summed E-state index contributed by atoms with van der Waals surface area (Å²) in [6.07, 6.45) is 4.32. The zero-order valence-corrected chi connectivity index (χ0v) is 17.0. The van der Waals surface area contributed by atoms with Crippen LogP contribution in [0.5, 0.6) is 5.75 Å². The second-order valence-electron chi connectivity index (χ2n) is 8.33. The Bertz CT molecular complexity index is 810. The predicted molar refractivity (Wildman–Crippen MR) is 113 cm³/mol. The zero-order valence-electron chi connectivity index (χ0n) is 17.0. The number of nitrogens with one attached hydrogen (secondary N) is 1. The van der Waals surface area contributed by atoms with Crippen molar-refractivity contribution in [2.24, 2.45) is 5.92 Å². The van der Waals surface area contributed by atoms with Gasteiger partial charge in [-0.25, -0.2) is 4.79 Å². The van der Waals surface area contributed by atoms with Crippen molar-refractivity contribution in [1.82, 2.24) is 10.2 Å². The van der Waals surface area contributed by atoms with Gasteiger partial charge in [0.15, 0.2) is 0 Å². The van der Waals surface area contributed by atoms with Gasteiger partial charge in [0.2, 0.25) is 0 Å². The molecule has 2 aromatic rings. The van der Waals surface area contributed by atoms with Crippen LogP contribution in [0.25, 0.3) is 0 Å². The number of aliphatic hydroxyl groups is 1. The molecule has 1 heterocycles. The monoisotopic (exact) mass is 394 g/mol. The van der Waals surface area contributed by atoms with Crippen molar-refractivity contribution in [3.05, 3.63) is 65.7 Å². The average molecular weight is 395 g/mol. The van der Waals surface area contributed by atoms with E-state index >= 15 is 0 Å². The van der Waals surface area contributed by atoms with Crippen LogP contribution >= 0.6 is 0 Å². The number of nitrogens with zero attached hydrogens (tertiary/aromatic N) is 1. The molecule has 0 radical (unpaired) electrons. The van der Waals surface area contributed by atoms with Gasteiger partial charge in [-0.3, -0.25) is 0 Å². The number of hydrogen-bond donors (Lipinski definition) is 2. The molecule has 1 saturated carbocycles. The van der Waals surface area contributed by atoms with Gasteiger partial charge in [0.25, 0.3) is 0 Å². The molecule has 0 aromatic heterocycles. The number of rotatable bonds is 6. The van der Waals surface area contributed by atoms with Crippen LogP contribution in [0.15, 0.2) is 54.6 Å². The van der Waals surface area contributed by atoms with Gasteiger partial charge in [0.05, 0.1) is 18.8 Å². The number of carbonyl (C=O) groups excluding carboxylic acids is 1. The van der Waals surface area contributed by atoms with Gasteiger partial charge in [-0.05, 0) is 61.3 Å². The van der Waals surface area contributed by atoms with Crippen LogP contribution in [0.3, 0.4) is 0 Å². The molecule has 0 spiro atoms. The van der Waals surface area contributed by atoms with E-state index in [1.165, 1.54) is 5.56 Å². The Morgan fingerprint density at radius 2 is 1.79 bits per heavy atom. The summed E-state index contributed by atoms with van der Waals surface area (Å²) in [5.41, 5.74) is 1.67. The summed E-state index contributed by atoms with van der Waals surface area (Å²) in [4.78, 5) is 14.8. The Morgan fingerprint density at radius 3 is 2.38 bits per heavy atom. The number of benzene rings is 2. The fraction of sp³-hybridized carbons (Fsp3) is 0.458. The van der Waals surface area contributed by atoms with Crippen LogP contribution in [0.1, 0.15) is 42.9 Å². The molecule has 5 heteroatoms. The number of likely N-dealkylation sites (tertiary alicyclic amines) is 1. The summed E-state index contributed by atoms with van der Waals surface area (Å²) in [6.45, 7) is 1.22. The maximum atomic E-state index is 13.0. The number of piperidine rings is 1. The maximum Gasteiger partial charge on any atom is 0.317 e. The molecule has 2 amide bonds. The van der Waals surface area contributed by atoms with Crippen LogP contribution in [-0.2, 0) is 6.42 Å². The quantitative estimate of drug-likeness (QED) is 0.780. The SMILES string of the molecule is COc1ccc(C(Cc2ccccc2)NC(=O)N2CCC(O)(C3CC3)CC2)cc1. The van der Waals surface area contributed by atoms with E-state index in [4.69, 9.17) is 4.74 Å². The van der Waals surface area contributed by atoms with E-state index in [2.05, 4.69) is 17.4 Å². The normalized spacial score (nSPS) is 19.4. The van der Waals surface area contributed by atoms with E-state index in [0.29, 0.717) is 31.8 Å². The van der Waals surface area contributed by atoms with E-state index in [1.807, 2.05) is 47.4 Å². The van der Waals surface area contributed by atoms with E-state index in [-0.39, 0.29) is 12.1 Å². The molecular formula is C24H30N2O3. The minimum Gasteiger partial charge on any atom is -0.497 e. The molecule has 1 saturated heterocycles. The van der Waals surface area contributed by atoms with Crippen molar-refractivity contribution < 1.29 is 14.6 Å². The zero-order chi connectivity index (χ0) is 20.3. The third-order valence-electron chi connectivity index (χ3n) is 6.35. The maximum absolute atomic E-state index is 13.0. The molecule has 1 aliphatic carbocycles. The molecule has 5 nitrogen and oxygen atoms in total. The van der Waals surface area contributed by atoms with Crippen molar-refractivity contribution >= 4 is 6.03 Å². The second kappa shape index (κ2) is 8.46. The lowest BCUT2D eigenvalue weighted by Gasteiger charge is -2.39. The van der Waals surface area contributed by atoms with Crippen molar-refractivity contribution in [1.29, 1.82) is 0 Å². The minimum absolute atomic E-state index is 0.0559. The Kier molecular flexibility index (Phi) is 5.76. The molecule has 2 fully saturated rings. The van der Waals surface area contributed by atoms with E-state index in [1.54, 1.807) is 7.11 Å². The lowest BCUT2D eigenvalue weighted by Crippen LogP contribution is -2.51. The Balaban J connectivity index is 1.44. The Morgan fingerprint density at radius 1 is 1.14 bits per heavy atom. The van der Waals surface area contributed by atoms with Crippen molar-refractivity contribution in [2.75, 3.05) is 20.2 Å². The van der Waals surface area contributed by atoms with Gasteiger partial charge in [-0.1, -0.05) is 42.5 Å². The van der Waals surface area contributed by atoms with E-state index in [0.717, 1.165) is 30.6 Å². The molecule has 29 heavy (non-hydrogen) atoms. The highest BCUT2D eigenvalue weighted by Gasteiger charge is 2.45. The van der Waals surface area contributed by atoms with E-state index < -0.39 is 5.60 Å². The van der Waals surface area contributed by atoms with Gasteiger partial charge < -0.3 is 20.1 Å². The number of methoxy groups -OCH3 is 1. The predicted octanol–water partition coefficient (Wildman–Crippen LogP) is 3.93. The van der Waals surface area contributed by atoms with Crippen molar-refractivity contribution in [3.8, 4) is 5.75 Å². The topological polar surface area (TPSA) is 61.8 Å². The van der Waals surface area contributed by atoms with Crippen LogP contribution in [0.2, 0.25) is 0 Å². The molecule has 2 N–H and O–H groups in total. The molecule has 1 unspecified atom stereocenters. The van der Waals surface area contributed by atoms with Gasteiger partial charge in [-0.2, -0.15) is 0 Å². The number of ether oxygens (including phenoxy) is 1. The lowest BCUT2D eigenvalue weighted by molar-refractivity contribution is -0.0308. The highest BCUT2D eigenvalue weighted by molar-refractivity contribution is 5.75. The summed E-state index contributed by atoms with van der Waals surface area (Å²) in [7, 11) is 1.65. The molecule has 2 aliphatic rings. The third-order valence-corrected chi connectivity index (χ3v) is 6.35. The number of urea groups is 1. The van der Waals surface area contributed by atoms with Gasteiger partial charge in [0.1, 0.15) is 5.75 Å². The summed E-state index contributed by atoms with van der Waals surface area (Å²) < 4.78 is 5.27. The summed E-state index contributed by atoms with van der Waals surface area (Å²) in [5.74, 6) is 1.24.